The van der Waals surface area contributed by atoms with E-state index in [1.807, 2.05) is 6.92 Å². The third-order valence-corrected chi connectivity index (χ3v) is 4.12. The normalized spacial score (nSPS) is 31.3. The molecular weight excluding hydrogens is 272 g/mol. The molecule has 1 saturated heterocycles. The van der Waals surface area contributed by atoms with Crippen molar-refractivity contribution in [2.24, 2.45) is 0 Å². The van der Waals surface area contributed by atoms with Gasteiger partial charge in [-0.2, -0.15) is 0 Å². The molecule has 0 bridgehead atoms. The van der Waals surface area contributed by atoms with Crippen LogP contribution < -0.4 is 0 Å². The Balaban J connectivity index is 2.23. The van der Waals surface area contributed by atoms with Crippen molar-refractivity contribution in [2.75, 3.05) is 6.61 Å². The molecule has 0 aliphatic carbocycles. The second-order valence-corrected chi connectivity index (χ2v) is 5.97. The van der Waals surface area contributed by atoms with Gasteiger partial charge in [0.15, 0.2) is 6.29 Å². The minimum atomic E-state index is -1.20. The summed E-state index contributed by atoms with van der Waals surface area (Å²) in [7, 11) is 0. The minimum absolute atomic E-state index is 0.00363. The van der Waals surface area contributed by atoms with E-state index in [0.717, 1.165) is 19.3 Å². The van der Waals surface area contributed by atoms with E-state index in [1.165, 1.54) is 32.1 Å². The molecule has 0 spiro atoms. The van der Waals surface area contributed by atoms with Crippen LogP contribution in [0.4, 0.5) is 0 Å². The third kappa shape index (κ3) is 6.61. The van der Waals surface area contributed by atoms with Crippen LogP contribution in [0.5, 0.6) is 0 Å². The van der Waals surface area contributed by atoms with Gasteiger partial charge in [0, 0.05) is 0 Å². The van der Waals surface area contributed by atoms with Crippen LogP contribution in [0.15, 0.2) is 0 Å². The Bertz CT molecular complexity index is 261. The maximum absolute atomic E-state index is 9.86. The summed E-state index contributed by atoms with van der Waals surface area (Å²) in [4.78, 5) is 0. The molecule has 0 radical (unpaired) electrons. The zero-order valence-corrected chi connectivity index (χ0v) is 13.4. The van der Waals surface area contributed by atoms with Crippen LogP contribution in [0, 0.1) is 0 Å². The summed E-state index contributed by atoms with van der Waals surface area (Å²) in [5.74, 6) is 0. The van der Waals surface area contributed by atoms with Crippen molar-refractivity contribution in [1.29, 1.82) is 0 Å². The lowest BCUT2D eigenvalue weighted by Crippen LogP contribution is -2.54. The second kappa shape index (κ2) is 10.5. The first kappa shape index (κ1) is 18.8. The number of ether oxygens (including phenoxy) is 2. The highest BCUT2D eigenvalue weighted by Crippen LogP contribution is 2.21. The summed E-state index contributed by atoms with van der Waals surface area (Å²) >= 11 is 0. The molecule has 0 aromatic heterocycles. The van der Waals surface area contributed by atoms with Crippen molar-refractivity contribution in [2.45, 2.75) is 95.9 Å². The summed E-state index contributed by atoms with van der Waals surface area (Å²) in [6.07, 6.45) is 4.97. The second-order valence-electron chi connectivity index (χ2n) is 5.97. The average molecular weight is 304 g/mol. The van der Waals surface area contributed by atoms with Gasteiger partial charge in [-0.3, -0.25) is 0 Å². The molecule has 5 heteroatoms. The molecule has 21 heavy (non-hydrogen) atoms. The molecule has 1 unspecified atom stereocenters. The van der Waals surface area contributed by atoms with Gasteiger partial charge in [0.25, 0.3) is 0 Å². The fraction of sp³-hybridized carbons (Fsp3) is 1.00. The van der Waals surface area contributed by atoms with Crippen molar-refractivity contribution in [3.05, 3.63) is 0 Å². The molecular formula is C16H32O5. The van der Waals surface area contributed by atoms with Crippen molar-refractivity contribution in [3.8, 4) is 0 Å². The number of aliphatic hydroxyl groups excluding tert-OH is 3. The smallest absolute Gasteiger partial charge is 0.186 e. The molecule has 1 aliphatic rings. The Morgan fingerprint density at radius 2 is 1.67 bits per heavy atom. The average Bonchev–Trinajstić information content (AvgIpc) is 2.49. The van der Waals surface area contributed by atoms with Gasteiger partial charge in [-0.15, -0.1) is 0 Å². The Hall–Kier alpha value is -0.200. The number of hydrogen-bond donors (Lipinski definition) is 3. The van der Waals surface area contributed by atoms with Gasteiger partial charge >= 0.3 is 0 Å². The highest BCUT2D eigenvalue weighted by molar-refractivity contribution is 4.83. The topological polar surface area (TPSA) is 79.2 Å². The zero-order chi connectivity index (χ0) is 15.7. The van der Waals surface area contributed by atoms with Crippen LogP contribution >= 0.6 is 0 Å². The fourth-order valence-corrected chi connectivity index (χ4v) is 2.61. The Morgan fingerprint density at radius 3 is 2.33 bits per heavy atom. The van der Waals surface area contributed by atoms with Crippen molar-refractivity contribution in [3.63, 3.8) is 0 Å². The SMILES string of the molecule is CCCCCCCCC(CC)O[C@H]1OC[C@@H](O)[C@H](O)[C@H]1O. The van der Waals surface area contributed by atoms with Crippen LogP contribution in [0.3, 0.4) is 0 Å². The summed E-state index contributed by atoms with van der Waals surface area (Å²) < 4.78 is 11.0. The Kier molecular flexibility index (Phi) is 9.44. The molecule has 1 aliphatic heterocycles. The lowest BCUT2D eigenvalue weighted by atomic mass is 10.0. The molecule has 1 rings (SSSR count). The molecule has 3 N–H and O–H groups in total. The van der Waals surface area contributed by atoms with E-state index in [1.54, 1.807) is 0 Å². The largest absolute Gasteiger partial charge is 0.388 e. The van der Waals surface area contributed by atoms with Gasteiger partial charge in [0.2, 0.25) is 0 Å². The first-order valence-electron chi connectivity index (χ1n) is 8.41. The highest BCUT2D eigenvalue weighted by atomic mass is 16.7. The van der Waals surface area contributed by atoms with E-state index in [9.17, 15) is 15.3 Å². The van der Waals surface area contributed by atoms with Crippen LogP contribution in [0.1, 0.15) is 65.2 Å². The third-order valence-electron chi connectivity index (χ3n) is 4.12. The standard InChI is InChI=1S/C16H32O5/c1-3-5-6-7-8-9-10-12(4-2)21-16-15(19)14(18)13(17)11-20-16/h12-19H,3-11H2,1-2H3/t12?,13-,14+,15-,16-/m1/s1. The predicted molar refractivity (Wildman–Crippen MR) is 80.9 cm³/mol. The zero-order valence-electron chi connectivity index (χ0n) is 13.4. The van der Waals surface area contributed by atoms with Gasteiger partial charge < -0.3 is 24.8 Å². The summed E-state index contributed by atoms with van der Waals surface area (Å²) in [6.45, 7) is 4.25. The number of rotatable bonds is 10. The van der Waals surface area contributed by atoms with Crippen molar-refractivity contribution in [1.82, 2.24) is 0 Å². The molecule has 5 nitrogen and oxygen atoms in total. The Morgan fingerprint density at radius 1 is 1.00 bits per heavy atom. The van der Waals surface area contributed by atoms with E-state index in [0.29, 0.717) is 0 Å². The van der Waals surface area contributed by atoms with Crippen molar-refractivity contribution < 1.29 is 24.8 Å². The number of hydrogen-bond acceptors (Lipinski definition) is 5. The first-order valence-corrected chi connectivity index (χ1v) is 8.41. The van der Waals surface area contributed by atoms with Crippen LogP contribution in [-0.2, 0) is 9.47 Å². The summed E-state index contributed by atoms with van der Waals surface area (Å²) in [6, 6.07) is 0. The fourth-order valence-electron chi connectivity index (χ4n) is 2.61. The van der Waals surface area contributed by atoms with Gasteiger partial charge in [-0.05, 0) is 12.8 Å². The lowest BCUT2D eigenvalue weighted by Gasteiger charge is -2.36. The van der Waals surface area contributed by atoms with Gasteiger partial charge in [0.05, 0.1) is 12.7 Å². The molecule has 126 valence electrons. The molecule has 1 fully saturated rings. The maximum atomic E-state index is 9.86. The van der Waals surface area contributed by atoms with Crippen LogP contribution in [0.2, 0.25) is 0 Å². The highest BCUT2D eigenvalue weighted by Gasteiger charge is 2.39. The molecule has 0 amide bonds. The van der Waals surface area contributed by atoms with E-state index < -0.39 is 24.6 Å². The molecule has 0 aromatic carbocycles. The van der Waals surface area contributed by atoms with Gasteiger partial charge in [-0.25, -0.2) is 0 Å². The van der Waals surface area contributed by atoms with Crippen LogP contribution in [-0.4, -0.2) is 52.6 Å². The predicted octanol–water partition coefficient (Wildman–Crippen LogP) is 1.97. The van der Waals surface area contributed by atoms with E-state index >= 15 is 0 Å². The monoisotopic (exact) mass is 304 g/mol. The van der Waals surface area contributed by atoms with Crippen molar-refractivity contribution >= 4 is 0 Å². The van der Waals surface area contributed by atoms with Crippen LogP contribution in [0.25, 0.3) is 0 Å². The molecule has 0 aromatic rings. The van der Waals surface area contributed by atoms with E-state index in [2.05, 4.69) is 6.92 Å². The number of aliphatic hydroxyl groups is 3. The lowest BCUT2D eigenvalue weighted by molar-refractivity contribution is -0.283. The summed E-state index contributed by atoms with van der Waals surface area (Å²) in [5, 5.41) is 28.9. The first-order chi connectivity index (χ1) is 10.1. The molecule has 5 atom stereocenters. The molecule has 0 saturated carbocycles. The van der Waals surface area contributed by atoms with Gasteiger partial charge in [0.1, 0.15) is 18.3 Å². The maximum Gasteiger partial charge on any atom is 0.186 e. The Labute approximate surface area is 128 Å². The minimum Gasteiger partial charge on any atom is -0.388 e. The van der Waals surface area contributed by atoms with Gasteiger partial charge in [-0.1, -0.05) is 52.4 Å². The quantitative estimate of drug-likeness (QED) is 0.538. The van der Waals surface area contributed by atoms with E-state index in [4.69, 9.17) is 9.47 Å². The number of unbranched alkanes of at least 4 members (excludes halogenated alkanes) is 5. The molecule has 1 heterocycles. The van der Waals surface area contributed by atoms with E-state index in [-0.39, 0.29) is 12.7 Å². The summed E-state index contributed by atoms with van der Waals surface area (Å²) in [5.41, 5.74) is 0.